The smallest absolute Gasteiger partial charge is 1.00 e. The van der Waals surface area contributed by atoms with E-state index < -0.39 is 0 Å². The molecule has 144 valence electrons. The average molecular weight is 394 g/mol. The van der Waals surface area contributed by atoms with Crippen LogP contribution in [0.2, 0.25) is 0 Å². The normalized spacial score (nSPS) is 17.7. The van der Waals surface area contributed by atoms with Crippen LogP contribution in [0.15, 0.2) is 42.5 Å². The Balaban J connectivity index is 0.00000140. The molecule has 27 heavy (non-hydrogen) atoms. The van der Waals surface area contributed by atoms with Crippen molar-refractivity contribution in [1.82, 2.24) is 14.7 Å². The van der Waals surface area contributed by atoms with Crippen LogP contribution in [0.1, 0.15) is 14.3 Å². The molecule has 0 bridgehead atoms. The molecule has 2 aromatic carbocycles. The number of aromatic nitrogens is 2. The quantitative estimate of drug-likeness (QED) is 0.666. The molecule has 0 amide bonds. The molecule has 2 heterocycles. The van der Waals surface area contributed by atoms with Crippen LogP contribution in [-0.2, 0) is 0 Å². The number of piperidine rings is 1. The predicted molar refractivity (Wildman–Crippen MR) is 97.8 cm³/mol. The molecule has 1 aliphatic heterocycles. The van der Waals surface area contributed by atoms with Gasteiger partial charge in [-0.2, -0.15) is 0 Å². The number of likely N-dealkylation sites (tertiary alicyclic amines) is 1. The Morgan fingerprint density at radius 1 is 1.22 bits per heavy atom. The highest BCUT2D eigenvalue weighted by atomic mass is 35.5. The number of benzene rings is 2. The standard InChI is InChI=1S/C20H21F2N3O.ClH/c1-24-10-4-5-14(12-24)13-26-20-16-11-15(21)8-9-18(16)25(23-20)19-7-3-2-6-17(19)22;/h2-3,6-9,11,14H,4-5,10,12-13H2,1H3;1H. The van der Waals surface area contributed by atoms with Gasteiger partial charge in [0.25, 0.3) is 0 Å². The third-order valence-electron chi connectivity index (χ3n) is 4.87. The monoisotopic (exact) mass is 393 g/mol. The lowest BCUT2D eigenvalue weighted by Crippen LogP contribution is -3.00. The lowest BCUT2D eigenvalue weighted by Gasteiger charge is -2.29. The van der Waals surface area contributed by atoms with Crippen molar-refractivity contribution in [3.05, 3.63) is 54.1 Å². The molecule has 0 radical (unpaired) electrons. The van der Waals surface area contributed by atoms with Crippen LogP contribution in [-0.4, -0.2) is 41.4 Å². The molecule has 1 fully saturated rings. The number of ether oxygens (including phenoxy) is 1. The molecule has 4 nitrogen and oxygen atoms in total. The maximum atomic E-state index is 14.2. The minimum absolute atomic E-state index is 0. The summed E-state index contributed by atoms with van der Waals surface area (Å²) in [6.07, 6.45) is 2.24. The molecule has 0 N–H and O–H groups in total. The van der Waals surface area contributed by atoms with Crippen molar-refractivity contribution in [3.63, 3.8) is 0 Å². The van der Waals surface area contributed by atoms with Crippen molar-refractivity contribution < 1.29 is 27.4 Å². The largest absolute Gasteiger partial charge is 1.00 e. The number of halogens is 3. The average Bonchev–Trinajstić information content (AvgIpc) is 2.98. The number of hydrogen-bond acceptors (Lipinski definition) is 3. The molecule has 0 spiro atoms. The maximum Gasteiger partial charge on any atom is 1.00 e. The molecule has 1 atom stereocenters. The first kappa shape index (κ1) is 19.6. The zero-order chi connectivity index (χ0) is 18.1. The summed E-state index contributed by atoms with van der Waals surface area (Å²) >= 11 is 0. The summed E-state index contributed by atoms with van der Waals surface area (Å²) in [4.78, 5) is 2.28. The van der Waals surface area contributed by atoms with Gasteiger partial charge in [0.2, 0.25) is 5.88 Å². The van der Waals surface area contributed by atoms with E-state index in [0.29, 0.717) is 35.0 Å². The number of nitrogens with zero attached hydrogens (tertiary/aromatic N) is 3. The number of fused-ring (bicyclic) bond motifs is 1. The van der Waals surface area contributed by atoms with E-state index in [1.165, 1.54) is 22.9 Å². The lowest BCUT2D eigenvalue weighted by molar-refractivity contribution is -0.00000692. The first-order chi connectivity index (χ1) is 12.6. The SMILES string of the molecule is CN1CCCC(COc2nn(-c3ccccc3F)c3ccc(F)cc23)C1.[Cl-].[H+]. The predicted octanol–water partition coefficient (Wildman–Crippen LogP) is 1.14. The molecule has 0 aliphatic carbocycles. The van der Waals surface area contributed by atoms with Crippen molar-refractivity contribution in [2.45, 2.75) is 12.8 Å². The summed E-state index contributed by atoms with van der Waals surface area (Å²) in [6, 6.07) is 10.7. The van der Waals surface area contributed by atoms with Gasteiger partial charge in [0, 0.05) is 12.5 Å². The molecule has 0 saturated carbocycles. The first-order valence-corrected chi connectivity index (χ1v) is 8.86. The molecule has 1 aromatic heterocycles. The maximum absolute atomic E-state index is 14.2. The zero-order valence-electron chi connectivity index (χ0n) is 16.0. The molecular weight excluding hydrogens is 372 g/mol. The molecule has 1 saturated heterocycles. The van der Waals surface area contributed by atoms with Gasteiger partial charge in [-0.05, 0) is 56.8 Å². The molecule has 1 unspecified atom stereocenters. The van der Waals surface area contributed by atoms with Crippen molar-refractivity contribution in [1.29, 1.82) is 0 Å². The van der Waals surface area contributed by atoms with Crippen LogP contribution in [0.4, 0.5) is 8.78 Å². The van der Waals surface area contributed by atoms with Gasteiger partial charge < -0.3 is 22.0 Å². The van der Waals surface area contributed by atoms with Gasteiger partial charge in [-0.25, -0.2) is 13.5 Å². The lowest BCUT2D eigenvalue weighted by atomic mass is 10.00. The van der Waals surface area contributed by atoms with Crippen LogP contribution in [0.25, 0.3) is 16.6 Å². The highest BCUT2D eigenvalue weighted by Gasteiger charge is 2.20. The number of para-hydroxylation sites is 1. The summed E-state index contributed by atoms with van der Waals surface area (Å²) in [5, 5.41) is 4.99. The van der Waals surface area contributed by atoms with E-state index in [0.717, 1.165) is 25.9 Å². The second-order valence-electron chi connectivity index (χ2n) is 6.91. The van der Waals surface area contributed by atoms with E-state index in [-0.39, 0.29) is 25.5 Å². The molecular formula is C20H22ClF2N3O. The van der Waals surface area contributed by atoms with Gasteiger partial charge in [0.1, 0.15) is 17.3 Å². The van der Waals surface area contributed by atoms with E-state index in [9.17, 15) is 8.78 Å². The van der Waals surface area contributed by atoms with Crippen molar-refractivity contribution in [2.24, 2.45) is 5.92 Å². The van der Waals surface area contributed by atoms with Gasteiger partial charge in [-0.15, -0.1) is 5.10 Å². The van der Waals surface area contributed by atoms with Crippen LogP contribution in [0.5, 0.6) is 5.88 Å². The van der Waals surface area contributed by atoms with Gasteiger partial charge in [-0.3, -0.25) is 0 Å². The number of rotatable bonds is 4. The molecule has 3 aromatic rings. The van der Waals surface area contributed by atoms with Crippen LogP contribution >= 0.6 is 0 Å². The van der Waals surface area contributed by atoms with Crippen molar-refractivity contribution >= 4 is 10.9 Å². The Morgan fingerprint density at radius 3 is 2.81 bits per heavy atom. The molecule has 1 aliphatic rings. The Hall–Kier alpha value is -2.18. The summed E-state index contributed by atoms with van der Waals surface area (Å²) < 4.78 is 35.4. The van der Waals surface area contributed by atoms with E-state index >= 15 is 0 Å². The van der Waals surface area contributed by atoms with Crippen LogP contribution in [0, 0.1) is 17.6 Å². The van der Waals surface area contributed by atoms with Gasteiger partial charge >= 0.3 is 1.43 Å². The third-order valence-corrected chi connectivity index (χ3v) is 4.87. The Morgan fingerprint density at radius 2 is 2.04 bits per heavy atom. The Bertz CT molecular complexity index is 937. The molecule has 7 heteroatoms. The topological polar surface area (TPSA) is 30.3 Å². The Kier molecular flexibility index (Phi) is 5.97. The summed E-state index contributed by atoms with van der Waals surface area (Å²) in [5.41, 5.74) is 0.934. The summed E-state index contributed by atoms with van der Waals surface area (Å²) in [7, 11) is 2.10. The van der Waals surface area contributed by atoms with Gasteiger partial charge in [0.15, 0.2) is 0 Å². The van der Waals surface area contributed by atoms with Gasteiger partial charge in [-0.1, -0.05) is 12.1 Å². The Labute approximate surface area is 164 Å². The fraction of sp³-hybridized carbons (Fsp3) is 0.350. The number of hydrogen-bond donors (Lipinski definition) is 0. The summed E-state index contributed by atoms with van der Waals surface area (Å²) in [5.74, 6) is 0.00136. The minimum Gasteiger partial charge on any atom is -1.00 e. The second kappa shape index (κ2) is 8.23. The van der Waals surface area contributed by atoms with E-state index in [2.05, 4.69) is 17.0 Å². The van der Waals surface area contributed by atoms with Crippen molar-refractivity contribution in [3.8, 4) is 11.6 Å². The van der Waals surface area contributed by atoms with Crippen molar-refractivity contribution in [2.75, 3.05) is 26.7 Å². The van der Waals surface area contributed by atoms with E-state index in [1.807, 2.05) is 0 Å². The summed E-state index contributed by atoms with van der Waals surface area (Å²) in [6.45, 7) is 2.59. The highest BCUT2D eigenvalue weighted by molar-refractivity contribution is 5.86. The van der Waals surface area contributed by atoms with Crippen LogP contribution in [0.3, 0.4) is 0 Å². The van der Waals surface area contributed by atoms with E-state index in [4.69, 9.17) is 4.74 Å². The first-order valence-electron chi connectivity index (χ1n) is 8.86. The fourth-order valence-corrected chi connectivity index (χ4v) is 3.58. The van der Waals surface area contributed by atoms with E-state index in [1.54, 1.807) is 24.3 Å². The van der Waals surface area contributed by atoms with Gasteiger partial charge in [0.05, 0.1) is 17.5 Å². The second-order valence-corrected chi connectivity index (χ2v) is 6.91. The minimum atomic E-state index is -0.387. The fourth-order valence-electron chi connectivity index (χ4n) is 3.58. The zero-order valence-corrected chi connectivity index (χ0v) is 15.8. The van der Waals surface area contributed by atoms with Crippen LogP contribution < -0.4 is 17.1 Å². The molecule has 4 rings (SSSR count). The highest BCUT2D eigenvalue weighted by Crippen LogP contribution is 2.30. The third kappa shape index (κ3) is 4.06.